The molecule has 0 aliphatic rings. The summed E-state index contributed by atoms with van der Waals surface area (Å²) in [5.41, 5.74) is 0. The van der Waals surface area contributed by atoms with Gasteiger partial charge in [0.2, 0.25) is 0 Å². The van der Waals surface area contributed by atoms with Crippen molar-refractivity contribution in [3.8, 4) is 12.1 Å². The van der Waals surface area contributed by atoms with Crippen LogP contribution in [-0.4, -0.2) is 25.2 Å². The lowest BCUT2D eigenvalue weighted by Gasteiger charge is -2.01. The van der Waals surface area contributed by atoms with Crippen LogP contribution in [0.25, 0.3) is 0 Å². The van der Waals surface area contributed by atoms with Crippen molar-refractivity contribution >= 4 is 11.9 Å². The average Bonchev–Trinajstić information content (AvgIpc) is 2.29. The Kier molecular flexibility index (Phi) is 8.24. The van der Waals surface area contributed by atoms with Crippen molar-refractivity contribution in [3.05, 3.63) is 0 Å². The Morgan fingerprint density at radius 3 is 1.56 bits per heavy atom. The van der Waals surface area contributed by atoms with Crippen molar-refractivity contribution in [3.63, 3.8) is 0 Å². The van der Waals surface area contributed by atoms with Gasteiger partial charge in [-0.1, -0.05) is 0 Å². The molecule has 0 bridgehead atoms. The van der Waals surface area contributed by atoms with Crippen molar-refractivity contribution < 1.29 is 19.1 Å². The molecule has 6 heteroatoms. The van der Waals surface area contributed by atoms with Gasteiger partial charge in [-0.25, -0.2) is 0 Å². The van der Waals surface area contributed by atoms with Gasteiger partial charge in [0.1, 0.15) is 12.1 Å². The number of rotatable bonds is 7. The number of unbranched alkanes of at least 4 members (excludes halogenated alkanes) is 1. The maximum atomic E-state index is 10.9. The fourth-order valence-electron chi connectivity index (χ4n) is 0.909. The number of nitrogens with zero attached hydrogens (tertiary/aromatic N) is 2. The highest BCUT2D eigenvalue weighted by Gasteiger charge is 2.05. The summed E-state index contributed by atoms with van der Waals surface area (Å²) in [6.45, 7) is -0.494. The van der Waals surface area contributed by atoms with Crippen molar-refractivity contribution in [2.75, 3.05) is 13.2 Å². The first kappa shape index (κ1) is 13.9. The normalized spacial score (nSPS) is 8.62. The van der Waals surface area contributed by atoms with Gasteiger partial charge in [-0.2, -0.15) is 10.5 Å². The van der Waals surface area contributed by atoms with Crippen LogP contribution in [0.3, 0.4) is 0 Å². The first-order chi connectivity index (χ1) is 7.70. The van der Waals surface area contributed by atoms with Gasteiger partial charge in [-0.15, -0.1) is 0 Å². The van der Waals surface area contributed by atoms with Crippen molar-refractivity contribution in [2.24, 2.45) is 0 Å². The summed E-state index contributed by atoms with van der Waals surface area (Å²) >= 11 is 0. The molecule has 0 aliphatic heterocycles. The maximum Gasteiger partial charge on any atom is 0.306 e. The molecular formula is C10H12N2O4. The third kappa shape index (κ3) is 8.52. The van der Waals surface area contributed by atoms with Crippen molar-refractivity contribution in [1.82, 2.24) is 0 Å². The van der Waals surface area contributed by atoms with E-state index in [-0.39, 0.29) is 26.1 Å². The molecule has 0 N–H and O–H groups in total. The largest absolute Gasteiger partial charge is 0.450 e. The van der Waals surface area contributed by atoms with Crippen molar-refractivity contribution in [1.29, 1.82) is 10.5 Å². The van der Waals surface area contributed by atoms with E-state index < -0.39 is 11.9 Å². The van der Waals surface area contributed by atoms with E-state index in [0.29, 0.717) is 12.8 Å². The molecule has 16 heavy (non-hydrogen) atoms. The van der Waals surface area contributed by atoms with E-state index >= 15 is 0 Å². The van der Waals surface area contributed by atoms with Crippen molar-refractivity contribution in [2.45, 2.75) is 25.7 Å². The smallest absolute Gasteiger partial charge is 0.306 e. The minimum atomic E-state index is -0.452. The molecule has 0 spiro atoms. The van der Waals surface area contributed by atoms with Crippen LogP contribution in [0.4, 0.5) is 0 Å². The fraction of sp³-hybridized carbons (Fsp3) is 0.600. The van der Waals surface area contributed by atoms with Crippen LogP contribution in [0, 0.1) is 22.7 Å². The molecule has 0 aliphatic carbocycles. The Labute approximate surface area is 93.4 Å². The number of carbonyl (C=O) groups excluding carboxylic acids is 2. The second-order valence-corrected chi connectivity index (χ2v) is 2.84. The molecule has 0 unspecified atom stereocenters. The average molecular weight is 224 g/mol. The zero-order valence-corrected chi connectivity index (χ0v) is 8.77. The van der Waals surface area contributed by atoms with Gasteiger partial charge in [0.15, 0.2) is 13.2 Å². The number of esters is 2. The molecule has 0 saturated carbocycles. The first-order valence-corrected chi connectivity index (χ1v) is 4.76. The SMILES string of the molecule is N#CCOC(=O)CCCCC(=O)OCC#N. The van der Waals surface area contributed by atoms with Crippen LogP contribution in [0.5, 0.6) is 0 Å². The minimum absolute atomic E-state index is 0.174. The van der Waals surface area contributed by atoms with Crippen LogP contribution in [0.1, 0.15) is 25.7 Å². The number of hydrogen-bond donors (Lipinski definition) is 0. The minimum Gasteiger partial charge on any atom is -0.450 e. The molecule has 0 atom stereocenters. The van der Waals surface area contributed by atoms with Crippen LogP contribution in [0.15, 0.2) is 0 Å². The lowest BCUT2D eigenvalue weighted by molar-refractivity contribution is -0.144. The molecule has 0 saturated heterocycles. The molecule has 0 radical (unpaired) electrons. The summed E-state index contributed by atoms with van der Waals surface area (Å²) in [6, 6.07) is 3.37. The molecular weight excluding hydrogens is 212 g/mol. The van der Waals surface area contributed by atoms with Gasteiger partial charge in [-0.05, 0) is 12.8 Å². The molecule has 86 valence electrons. The molecule has 6 nitrogen and oxygen atoms in total. The summed E-state index contributed by atoms with van der Waals surface area (Å²) < 4.78 is 9.01. The Balaban J connectivity index is 3.40. The molecule has 0 amide bonds. The highest BCUT2D eigenvalue weighted by Crippen LogP contribution is 2.02. The lowest BCUT2D eigenvalue weighted by Crippen LogP contribution is -2.06. The van der Waals surface area contributed by atoms with Gasteiger partial charge in [0.25, 0.3) is 0 Å². The quantitative estimate of drug-likeness (QED) is 0.465. The highest BCUT2D eigenvalue weighted by atomic mass is 16.5. The predicted molar refractivity (Wildman–Crippen MR) is 51.6 cm³/mol. The topological polar surface area (TPSA) is 100 Å². The third-order valence-corrected chi connectivity index (χ3v) is 1.61. The van der Waals surface area contributed by atoms with E-state index in [2.05, 4.69) is 9.47 Å². The summed E-state index contributed by atoms with van der Waals surface area (Å²) in [5.74, 6) is -0.904. The van der Waals surface area contributed by atoms with E-state index in [9.17, 15) is 9.59 Å². The lowest BCUT2D eigenvalue weighted by atomic mass is 10.2. The molecule has 0 aromatic heterocycles. The van der Waals surface area contributed by atoms with E-state index in [1.54, 1.807) is 12.1 Å². The molecule has 0 fully saturated rings. The molecule has 0 rings (SSSR count). The van der Waals surface area contributed by atoms with E-state index in [0.717, 1.165) is 0 Å². The molecule has 0 aromatic rings. The van der Waals surface area contributed by atoms with Crippen LogP contribution >= 0.6 is 0 Å². The number of ether oxygens (including phenoxy) is 2. The number of nitriles is 2. The molecule has 0 aromatic carbocycles. The predicted octanol–water partition coefficient (Wildman–Crippen LogP) is 0.680. The van der Waals surface area contributed by atoms with E-state index in [1.165, 1.54) is 0 Å². The van der Waals surface area contributed by atoms with Gasteiger partial charge in [0.05, 0.1) is 0 Å². The van der Waals surface area contributed by atoms with Gasteiger partial charge in [-0.3, -0.25) is 9.59 Å². The second-order valence-electron chi connectivity index (χ2n) is 2.84. The second kappa shape index (κ2) is 9.47. The highest BCUT2D eigenvalue weighted by molar-refractivity contribution is 5.70. The summed E-state index contributed by atoms with van der Waals surface area (Å²) in [6.07, 6.45) is 1.33. The van der Waals surface area contributed by atoms with E-state index in [4.69, 9.17) is 10.5 Å². The van der Waals surface area contributed by atoms with Crippen LogP contribution in [0.2, 0.25) is 0 Å². The third-order valence-electron chi connectivity index (χ3n) is 1.61. The van der Waals surface area contributed by atoms with Crippen LogP contribution < -0.4 is 0 Å². The summed E-state index contributed by atoms with van der Waals surface area (Å²) in [4.78, 5) is 21.8. The standard InChI is InChI=1S/C10H12N2O4/c11-5-7-15-9(13)3-1-2-4-10(14)16-8-6-12/h1-4,7-8H2. The fourth-order valence-corrected chi connectivity index (χ4v) is 0.909. The van der Waals surface area contributed by atoms with E-state index in [1.807, 2.05) is 0 Å². The van der Waals surface area contributed by atoms with Gasteiger partial charge >= 0.3 is 11.9 Å². The Morgan fingerprint density at radius 2 is 1.25 bits per heavy atom. The number of carbonyl (C=O) groups is 2. The maximum absolute atomic E-state index is 10.9. The first-order valence-electron chi connectivity index (χ1n) is 4.76. The summed E-state index contributed by atoms with van der Waals surface area (Å²) in [7, 11) is 0. The zero-order chi connectivity index (χ0) is 12.2. The molecule has 0 heterocycles. The monoisotopic (exact) mass is 224 g/mol. The number of hydrogen-bond acceptors (Lipinski definition) is 6. The Morgan fingerprint density at radius 1 is 0.875 bits per heavy atom. The van der Waals surface area contributed by atoms with Gasteiger partial charge in [0, 0.05) is 12.8 Å². The zero-order valence-electron chi connectivity index (χ0n) is 8.77. The van der Waals surface area contributed by atoms with Crippen LogP contribution in [-0.2, 0) is 19.1 Å². The Hall–Kier alpha value is -2.08. The summed E-state index contributed by atoms with van der Waals surface area (Å²) in [5, 5.41) is 16.3. The van der Waals surface area contributed by atoms with Gasteiger partial charge < -0.3 is 9.47 Å². The Bertz CT molecular complexity index is 282.